The van der Waals surface area contributed by atoms with Crippen molar-refractivity contribution in [3.05, 3.63) is 66.4 Å². The van der Waals surface area contributed by atoms with Crippen LogP contribution in [-0.2, 0) is 11.3 Å². The van der Waals surface area contributed by atoms with Gasteiger partial charge in [0.1, 0.15) is 17.5 Å². The summed E-state index contributed by atoms with van der Waals surface area (Å²) < 4.78 is 15.0. The standard InChI is InChI=1S/C18H15FN4O2/c1-12-17(24)22(11-14-10-21-9-3-2-4-16(21)20-14)18(25)23(12)15-7-5-13(19)6-8-15/h2-10,12H,11H2,1H3. The van der Waals surface area contributed by atoms with E-state index in [-0.39, 0.29) is 12.5 Å². The Labute approximate surface area is 143 Å². The highest BCUT2D eigenvalue weighted by Gasteiger charge is 2.43. The van der Waals surface area contributed by atoms with Gasteiger partial charge in [0, 0.05) is 18.1 Å². The van der Waals surface area contributed by atoms with Gasteiger partial charge in [-0.15, -0.1) is 0 Å². The Kier molecular flexibility index (Phi) is 3.49. The van der Waals surface area contributed by atoms with Crippen LogP contribution >= 0.6 is 0 Å². The molecule has 7 heteroatoms. The van der Waals surface area contributed by atoms with E-state index in [0.29, 0.717) is 11.4 Å². The van der Waals surface area contributed by atoms with Gasteiger partial charge < -0.3 is 4.40 Å². The predicted octanol–water partition coefficient (Wildman–Crippen LogP) is 2.83. The summed E-state index contributed by atoms with van der Waals surface area (Å²) >= 11 is 0. The number of anilines is 1. The average Bonchev–Trinajstić information content (AvgIpc) is 3.11. The summed E-state index contributed by atoms with van der Waals surface area (Å²) in [4.78, 5) is 32.3. The van der Waals surface area contributed by atoms with E-state index >= 15 is 0 Å². The molecule has 1 unspecified atom stereocenters. The highest BCUT2D eigenvalue weighted by Crippen LogP contribution is 2.27. The van der Waals surface area contributed by atoms with Gasteiger partial charge in [-0.05, 0) is 43.3 Å². The van der Waals surface area contributed by atoms with E-state index in [1.807, 2.05) is 28.8 Å². The Hall–Kier alpha value is -3.22. The largest absolute Gasteiger partial charge is 0.332 e. The van der Waals surface area contributed by atoms with Crippen molar-refractivity contribution in [1.82, 2.24) is 14.3 Å². The number of carbonyl (C=O) groups excluding carboxylic acids is 2. The number of pyridine rings is 1. The van der Waals surface area contributed by atoms with E-state index in [2.05, 4.69) is 4.98 Å². The second-order valence-corrected chi connectivity index (χ2v) is 5.93. The maximum atomic E-state index is 13.1. The van der Waals surface area contributed by atoms with Gasteiger partial charge in [-0.2, -0.15) is 0 Å². The van der Waals surface area contributed by atoms with Gasteiger partial charge in [0.15, 0.2) is 0 Å². The minimum atomic E-state index is -0.644. The van der Waals surface area contributed by atoms with Crippen molar-refractivity contribution in [2.24, 2.45) is 0 Å². The van der Waals surface area contributed by atoms with Crippen molar-refractivity contribution in [3.63, 3.8) is 0 Å². The third-order valence-corrected chi connectivity index (χ3v) is 4.29. The third-order valence-electron chi connectivity index (χ3n) is 4.29. The zero-order valence-electron chi connectivity index (χ0n) is 13.5. The summed E-state index contributed by atoms with van der Waals surface area (Å²) in [7, 11) is 0. The Morgan fingerprint density at radius 2 is 1.88 bits per heavy atom. The van der Waals surface area contributed by atoms with Crippen LogP contribution in [0, 0.1) is 5.82 Å². The Morgan fingerprint density at radius 1 is 1.12 bits per heavy atom. The number of fused-ring (bicyclic) bond motifs is 1. The lowest BCUT2D eigenvalue weighted by atomic mass is 10.2. The molecule has 1 aliphatic heterocycles. The number of halogens is 1. The van der Waals surface area contributed by atoms with Crippen molar-refractivity contribution in [2.45, 2.75) is 19.5 Å². The molecule has 1 aromatic carbocycles. The van der Waals surface area contributed by atoms with Crippen LogP contribution in [0.15, 0.2) is 54.9 Å². The number of aromatic nitrogens is 2. The Balaban J connectivity index is 1.62. The summed E-state index contributed by atoms with van der Waals surface area (Å²) in [5, 5.41) is 0. The summed E-state index contributed by atoms with van der Waals surface area (Å²) in [6.07, 6.45) is 3.65. The third kappa shape index (κ3) is 2.53. The SMILES string of the molecule is CC1C(=O)N(Cc2cn3ccccc3n2)C(=O)N1c1ccc(F)cc1. The maximum Gasteiger partial charge on any atom is 0.332 e. The molecule has 25 heavy (non-hydrogen) atoms. The van der Waals surface area contributed by atoms with E-state index in [1.165, 1.54) is 34.1 Å². The van der Waals surface area contributed by atoms with E-state index < -0.39 is 17.9 Å². The first kappa shape index (κ1) is 15.3. The number of rotatable bonds is 3. The van der Waals surface area contributed by atoms with Gasteiger partial charge in [-0.3, -0.25) is 14.6 Å². The number of hydrogen-bond donors (Lipinski definition) is 0. The fourth-order valence-electron chi connectivity index (χ4n) is 3.03. The van der Waals surface area contributed by atoms with E-state index in [9.17, 15) is 14.0 Å². The monoisotopic (exact) mass is 338 g/mol. The molecule has 1 atom stereocenters. The molecule has 0 bridgehead atoms. The van der Waals surface area contributed by atoms with Crippen LogP contribution < -0.4 is 4.90 Å². The van der Waals surface area contributed by atoms with Crippen molar-refractivity contribution < 1.29 is 14.0 Å². The highest BCUT2D eigenvalue weighted by atomic mass is 19.1. The number of carbonyl (C=O) groups is 2. The van der Waals surface area contributed by atoms with Crippen LogP contribution in [0.4, 0.5) is 14.9 Å². The summed E-state index contributed by atoms with van der Waals surface area (Å²) in [6.45, 7) is 1.76. The molecule has 0 spiro atoms. The lowest BCUT2D eigenvalue weighted by molar-refractivity contribution is -0.127. The molecule has 0 N–H and O–H groups in total. The fourth-order valence-corrected chi connectivity index (χ4v) is 3.03. The van der Waals surface area contributed by atoms with Crippen LogP contribution in [0.1, 0.15) is 12.6 Å². The number of amides is 3. The zero-order valence-corrected chi connectivity index (χ0v) is 13.5. The lowest BCUT2D eigenvalue weighted by Crippen LogP contribution is -2.33. The van der Waals surface area contributed by atoms with Gasteiger partial charge in [0.2, 0.25) is 0 Å². The Morgan fingerprint density at radius 3 is 2.60 bits per heavy atom. The minimum Gasteiger partial charge on any atom is -0.307 e. The van der Waals surface area contributed by atoms with Gasteiger partial charge in [-0.1, -0.05) is 6.07 Å². The van der Waals surface area contributed by atoms with Gasteiger partial charge in [0.05, 0.1) is 12.2 Å². The quantitative estimate of drug-likeness (QED) is 0.690. The van der Waals surface area contributed by atoms with Gasteiger partial charge in [-0.25, -0.2) is 14.2 Å². The molecule has 1 saturated heterocycles. The maximum absolute atomic E-state index is 13.1. The molecule has 2 aromatic heterocycles. The predicted molar refractivity (Wildman–Crippen MR) is 89.5 cm³/mol. The molecular weight excluding hydrogens is 323 g/mol. The summed E-state index contributed by atoms with van der Waals surface area (Å²) in [6, 6.07) is 10.0. The molecule has 4 rings (SSSR count). The van der Waals surface area contributed by atoms with Gasteiger partial charge in [0.25, 0.3) is 5.91 Å². The fraction of sp³-hybridized carbons (Fsp3) is 0.167. The highest BCUT2D eigenvalue weighted by molar-refractivity contribution is 6.13. The van der Waals surface area contributed by atoms with E-state index in [4.69, 9.17) is 0 Å². The molecule has 0 radical (unpaired) electrons. The van der Waals surface area contributed by atoms with Crippen LogP contribution in [0.5, 0.6) is 0 Å². The molecule has 0 aliphatic carbocycles. The summed E-state index contributed by atoms with van der Waals surface area (Å²) in [5.74, 6) is -0.692. The normalized spacial score (nSPS) is 17.8. The summed E-state index contributed by atoms with van der Waals surface area (Å²) in [5.41, 5.74) is 1.87. The van der Waals surface area contributed by atoms with Crippen molar-refractivity contribution in [2.75, 3.05) is 4.90 Å². The molecule has 126 valence electrons. The molecule has 1 aliphatic rings. The van der Waals surface area contributed by atoms with Crippen LogP contribution in [0.25, 0.3) is 5.65 Å². The van der Waals surface area contributed by atoms with E-state index in [1.54, 1.807) is 13.1 Å². The van der Waals surface area contributed by atoms with Crippen LogP contribution in [0.2, 0.25) is 0 Å². The van der Waals surface area contributed by atoms with Crippen molar-refractivity contribution in [3.8, 4) is 0 Å². The van der Waals surface area contributed by atoms with Crippen molar-refractivity contribution >= 4 is 23.3 Å². The molecule has 1 fully saturated rings. The number of benzene rings is 1. The van der Waals surface area contributed by atoms with Crippen LogP contribution in [0.3, 0.4) is 0 Å². The van der Waals surface area contributed by atoms with Crippen LogP contribution in [-0.4, -0.2) is 32.3 Å². The topological polar surface area (TPSA) is 57.9 Å². The molecule has 3 heterocycles. The molecule has 3 amide bonds. The van der Waals surface area contributed by atoms with E-state index in [0.717, 1.165) is 5.65 Å². The molecule has 0 saturated carbocycles. The first-order valence-electron chi connectivity index (χ1n) is 7.87. The number of nitrogens with zero attached hydrogens (tertiary/aromatic N) is 4. The molecular formula is C18H15FN4O2. The Bertz CT molecular complexity index is 934. The number of imide groups is 1. The minimum absolute atomic E-state index is 0.0986. The average molecular weight is 338 g/mol. The number of hydrogen-bond acceptors (Lipinski definition) is 3. The van der Waals surface area contributed by atoms with Gasteiger partial charge >= 0.3 is 6.03 Å². The first-order chi connectivity index (χ1) is 12.0. The number of imidazole rings is 1. The second-order valence-electron chi connectivity index (χ2n) is 5.93. The lowest BCUT2D eigenvalue weighted by Gasteiger charge is -2.19. The second kappa shape index (κ2) is 5.70. The zero-order chi connectivity index (χ0) is 17.6. The first-order valence-corrected chi connectivity index (χ1v) is 7.87. The number of urea groups is 1. The molecule has 6 nitrogen and oxygen atoms in total. The smallest absolute Gasteiger partial charge is 0.307 e. The van der Waals surface area contributed by atoms with Crippen molar-refractivity contribution in [1.29, 1.82) is 0 Å². The molecule has 3 aromatic rings.